The summed E-state index contributed by atoms with van der Waals surface area (Å²) >= 11 is 0. The number of carbonyl (C=O) groups is 1. The van der Waals surface area contributed by atoms with Gasteiger partial charge in [0.25, 0.3) is 8.32 Å². The fraction of sp³-hybridized carbons (Fsp3) is 0.519. The highest BCUT2D eigenvalue weighted by Crippen LogP contribution is 2.50. The summed E-state index contributed by atoms with van der Waals surface area (Å²) in [6, 6.07) is 20.1. The summed E-state index contributed by atoms with van der Waals surface area (Å²) in [7, 11) is -3.13. The Labute approximate surface area is 190 Å². The second-order valence-electron chi connectivity index (χ2n) is 9.89. The Morgan fingerprint density at radius 3 is 1.77 bits per heavy atom. The molecule has 3 atom stereocenters. The minimum Gasteiger partial charge on any atom is -0.462 e. The molecule has 2 aromatic carbocycles. The maximum Gasteiger partial charge on any atom is 0.309 e. The Balaban J connectivity index is 2.48. The molecule has 0 aliphatic rings. The van der Waals surface area contributed by atoms with E-state index in [-0.39, 0.29) is 23.4 Å². The highest BCUT2D eigenvalue weighted by Gasteiger charge is 2.53. The van der Waals surface area contributed by atoms with Crippen molar-refractivity contribution in [3.63, 3.8) is 0 Å². The van der Waals surface area contributed by atoms with Crippen molar-refractivity contribution in [3.8, 4) is 0 Å². The standard InChI is InChI=1S/C27H40O3Si/c1-8-21(3)30-25(28)22(4)27(7,9-2)20-26(5,6)31(29,23-16-12-10-13-17-23)24-18-14-11-15-19-24/h10-19,21-22,29H,8-9,20H2,1-7H3/t21?,22-,27?/m0/s1. The van der Waals surface area contributed by atoms with Crippen molar-refractivity contribution < 1.29 is 14.3 Å². The molecule has 4 heteroatoms. The molecule has 2 unspecified atom stereocenters. The van der Waals surface area contributed by atoms with Gasteiger partial charge < -0.3 is 9.53 Å². The van der Waals surface area contributed by atoms with E-state index >= 15 is 0 Å². The molecule has 0 heterocycles. The molecular weight excluding hydrogens is 400 g/mol. The van der Waals surface area contributed by atoms with E-state index in [0.717, 1.165) is 29.6 Å². The van der Waals surface area contributed by atoms with Crippen LogP contribution >= 0.6 is 0 Å². The first-order valence-electron chi connectivity index (χ1n) is 11.6. The quantitative estimate of drug-likeness (QED) is 0.403. The van der Waals surface area contributed by atoms with Gasteiger partial charge in [0, 0.05) is 0 Å². The summed E-state index contributed by atoms with van der Waals surface area (Å²) in [5.41, 5.74) is -0.293. The van der Waals surface area contributed by atoms with Crippen molar-refractivity contribution >= 4 is 24.7 Å². The zero-order chi connectivity index (χ0) is 23.3. The molecule has 3 nitrogen and oxygen atoms in total. The monoisotopic (exact) mass is 440 g/mol. The number of ether oxygens (including phenoxy) is 1. The van der Waals surface area contributed by atoms with Gasteiger partial charge >= 0.3 is 5.97 Å². The van der Waals surface area contributed by atoms with Crippen LogP contribution in [-0.2, 0) is 9.53 Å². The third-order valence-corrected chi connectivity index (χ3v) is 11.8. The van der Waals surface area contributed by atoms with E-state index in [1.807, 2.05) is 81.4 Å². The molecular formula is C27H40O3Si. The van der Waals surface area contributed by atoms with Crippen LogP contribution in [0.2, 0.25) is 5.04 Å². The Bertz CT molecular complexity index is 795. The van der Waals surface area contributed by atoms with Crippen molar-refractivity contribution in [1.82, 2.24) is 0 Å². The summed E-state index contributed by atoms with van der Waals surface area (Å²) in [5.74, 6) is -0.394. The van der Waals surface area contributed by atoms with Crippen LogP contribution in [0.5, 0.6) is 0 Å². The minimum absolute atomic E-state index is 0.0796. The maximum absolute atomic E-state index is 12.9. The van der Waals surface area contributed by atoms with Gasteiger partial charge in [0.15, 0.2) is 0 Å². The topological polar surface area (TPSA) is 46.5 Å². The predicted octanol–water partition coefficient (Wildman–Crippen LogP) is 5.30. The van der Waals surface area contributed by atoms with Crippen LogP contribution in [0, 0.1) is 11.3 Å². The number of hydrogen-bond acceptors (Lipinski definition) is 3. The molecule has 0 aliphatic carbocycles. The Morgan fingerprint density at radius 1 is 0.935 bits per heavy atom. The largest absolute Gasteiger partial charge is 0.462 e. The smallest absolute Gasteiger partial charge is 0.309 e. The molecule has 2 aromatic rings. The lowest BCUT2D eigenvalue weighted by molar-refractivity contribution is -0.157. The number of carbonyl (C=O) groups excluding carboxylic acids is 1. The molecule has 2 rings (SSSR count). The SMILES string of the molecule is CCC(C)OC(=O)[C@H](C)C(C)(CC)CC(C)(C)[Si](O)(c1ccccc1)c1ccccc1. The molecule has 0 saturated carbocycles. The van der Waals surface area contributed by atoms with E-state index in [0.29, 0.717) is 0 Å². The number of hydrogen-bond donors (Lipinski definition) is 1. The van der Waals surface area contributed by atoms with Gasteiger partial charge in [-0.3, -0.25) is 4.79 Å². The summed E-state index contributed by atoms with van der Waals surface area (Å²) in [5, 5.41) is 1.59. The molecule has 170 valence electrons. The van der Waals surface area contributed by atoms with Crippen molar-refractivity contribution in [1.29, 1.82) is 0 Å². The molecule has 31 heavy (non-hydrogen) atoms. The molecule has 0 saturated heterocycles. The van der Waals surface area contributed by atoms with Gasteiger partial charge in [0.1, 0.15) is 0 Å². The first-order chi connectivity index (χ1) is 14.5. The first kappa shape index (κ1) is 25.3. The zero-order valence-electron chi connectivity index (χ0n) is 20.3. The van der Waals surface area contributed by atoms with Gasteiger partial charge in [-0.05, 0) is 47.0 Å². The van der Waals surface area contributed by atoms with E-state index in [4.69, 9.17) is 4.74 Å². The normalized spacial score (nSPS) is 16.3. The zero-order valence-corrected chi connectivity index (χ0v) is 21.3. The van der Waals surface area contributed by atoms with Gasteiger partial charge in [-0.25, -0.2) is 0 Å². The highest BCUT2D eigenvalue weighted by atomic mass is 28.4. The summed E-state index contributed by atoms with van der Waals surface area (Å²) in [6.07, 6.45) is 2.28. The van der Waals surface area contributed by atoms with Crippen LogP contribution in [-0.4, -0.2) is 25.2 Å². The molecule has 0 spiro atoms. The third kappa shape index (κ3) is 5.29. The molecule has 1 N–H and O–H groups in total. The van der Waals surface area contributed by atoms with Gasteiger partial charge in [0.05, 0.1) is 12.0 Å². The third-order valence-electron chi connectivity index (χ3n) is 7.31. The fourth-order valence-corrected chi connectivity index (χ4v) is 8.60. The Hall–Kier alpha value is -1.91. The average molecular weight is 441 g/mol. The van der Waals surface area contributed by atoms with E-state index in [1.54, 1.807) is 0 Å². The van der Waals surface area contributed by atoms with Crippen LogP contribution < -0.4 is 10.4 Å². The number of benzene rings is 2. The molecule has 0 bridgehead atoms. The minimum atomic E-state index is -3.13. The summed E-state index contributed by atoms with van der Waals surface area (Å²) < 4.78 is 5.69. The van der Waals surface area contributed by atoms with E-state index in [2.05, 4.69) is 27.7 Å². The fourth-order valence-electron chi connectivity index (χ4n) is 4.70. The van der Waals surface area contributed by atoms with Crippen LogP contribution in [0.1, 0.15) is 67.7 Å². The van der Waals surface area contributed by atoms with Crippen LogP contribution in [0.15, 0.2) is 60.7 Å². The molecule has 0 radical (unpaired) electrons. The van der Waals surface area contributed by atoms with E-state index in [9.17, 15) is 9.59 Å². The summed E-state index contributed by atoms with van der Waals surface area (Å²) in [4.78, 5) is 25.4. The van der Waals surface area contributed by atoms with Crippen molar-refractivity contribution in [2.75, 3.05) is 0 Å². The average Bonchev–Trinajstić information content (AvgIpc) is 2.78. The van der Waals surface area contributed by atoms with Crippen molar-refractivity contribution in [3.05, 3.63) is 60.7 Å². The van der Waals surface area contributed by atoms with Crippen LogP contribution in [0.3, 0.4) is 0 Å². The lowest BCUT2D eigenvalue weighted by atomic mass is 9.70. The highest BCUT2D eigenvalue weighted by molar-refractivity contribution is 6.98. The lowest BCUT2D eigenvalue weighted by Gasteiger charge is -2.47. The molecule has 0 fully saturated rings. The van der Waals surface area contributed by atoms with Gasteiger partial charge in [-0.2, -0.15) is 0 Å². The van der Waals surface area contributed by atoms with Crippen LogP contribution in [0.4, 0.5) is 0 Å². The Morgan fingerprint density at radius 2 is 1.39 bits per heavy atom. The van der Waals surface area contributed by atoms with Gasteiger partial charge in [-0.15, -0.1) is 0 Å². The lowest BCUT2D eigenvalue weighted by Crippen LogP contribution is -2.66. The van der Waals surface area contributed by atoms with Gasteiger partial charge in [-0.1, -0.05) is 102 Å². The second-order valence-corrected chi connectivity index (χ2v) is 13.8. The van der Waals surface area contributed by atoms with Crippen LogP contribution in [0.25, 0.3) is 0 Å². The Kier molecular flexibility index (Phi) is 8.29. The molecule has 0 aliphatic heterocycles. The van der Waals surface area contributed by atoms with E-state index in [1.165, 1.54) is 0 Å². The van der Waals surface area contributed by atoms with Gasteiger partial charge in [0.2, 0.25) is 0 Å². The number of rotatable bonds is 10. The van der Waals surface area contributed by atoms with Crippen molar-refractivity contribution in [2.45, 2.75) is 78.9 Å². The summed E-state index contributed by atoms with van der Waals surface area (Å²) in [6.45, 7) is 14.6. The molecule has 0 amide bonds. The van der Waals surface area contributed by atoms with Crippen molar-refractivity contribution in [2.24, 2.45) is 11.3 Å². The predicted molar refractivity (Wildman–Crippen MR) is 132 cm³/mol. The second kappa shape index (κ2) is 10.1. The first-order valence-corrected chi connectivity index (χ1v) is 13.5. The maximum atomic E-state index is 12.9. The number of esters is 1. The van der Waals surface area contributed by atoms with E-state index < -0.39 is 13.4 Å². The molecule has 0 aromatic heterocycles.